The number of carbonyl (C=O) groups is 1. The van der Waals surface area contributed by atoms with Crippen LogP contribution in [0.4, 0.5) is 0 Å². The first-order chi connectivity index (χ1) is 6.76. The van der Waals surface area contributed by atoms with Crippen LogP contribution in [0.5, 0.6) is 0 Å². The van der Waals surface area contributed by atoms with Gasteiger partial charge in [-0.3, -0.25) is 4.79 Å². The predicted octanol–water partition coefficient (Wildman–Crippen LogP) is 0.674. The van der Waals surface area contributed by atoms with Gasteiger partial charge in [0, 0.05) is 44.1 Å². The van der Waals surface area contributed by atoms with Gasteiger partial charge in [0.25, 0.3) is 0 Å². The van der Waals surface area contributed by atoms with Gasteiger partial charge in [-0.2, -0.15) is 25.3 Å². The lowest BCUT2D eigenvalue weighted by molar-refractivity contribution is -0.130. The molecule has 0 radical (unpaired) electrons. The molecule has 0 fully saturated rings. The molecule has 84 valence electrons. The second kappa shape index (κ2) is 9.68. The number of nitrogens with zero attached hydrogens (tertiary/aromatic N) is 1. The first kappa shape index (κ1) is 14.1. The minimum atomic E-state index is 0.201. The summed E-state index contributed by atoms with van der Waals surface area (Å²) in [5.41, 5.74) is 0. The molecule has 0 spiro atoms. The van der Waals surface area contributed by atoms with Crippen molar-refractivity contribution in [2.24, 2.45) is 0 Å². The molecule has 14 heavy (non-hydrogen) atoms. The van der Waals surface area contributed by atoms with Crippen LogP contribution in [0.3, 0.4) is 0 Å². The third kappa shape index (κ3) is 6.56. The molecule has 0 saturated heterocycles. The predicted molar refractivity (Wildman–Crippen MR) is 67.4 cm³/mol. The Hall–Kier alpha value is 0.130. The maximum Gasteiger partial charge on any atom is 0.222 e. The van der Waals surface area contributed by atoms with Gasteiger partial charge in [0.15, 0.2) is 0 Å². The summed E-state index contributed by atoms with van der Waals surface area (Å²) in [5, 5.41) is 3.21. The number of hydrogen-bond acceptors (Lipinski definition) is 4. The Morgan fingerprint density at radius 2 is 1.93 bits per heavy atom. The van der Waals surface area contributed by atoms with Crippen molar-refractivity contribution in [1.82, 2.24) is 10.2 Å². The summed E-state index contributed by atoms with van der Waals surface area (Å²) in [6.07, 6.45) is 0.570. The second-order valence-electron chi connectivity index (χ2n) is 2.93. The zero-order valence-corrected chi connectivity index (χ0v) is 10.5. The molecule has 3 nitrogen and oxygen atoms in total. The van der Waals surface area contributed by atoms with E-state index in [-0.39, 0.29) is 5.91 Å². The molecule has 1 N–H and O–H groups in total. The van der Waals surface area contributed by atoms with E-state index in [0.717, 1.165) is 37.7 Å². The molecule has 0 aromatic rings. The summed E-state index contributed by atoms with van der Waals surface area (Å²) in [6.45, 7) is 5.10. The summed E-state index contributed by atoms with van der Waals surface area (Å²) in [6, 6.07) is 0. The van der Waals surface area contributed by atoms with Crippen LogP contribution in [-0.2, 0) is 4.79 Å². The van der Waals surface area contributed by atoms with Crippen molar-refractivity contribution in [2.45, 2.75) is 13.3 Å². The number of amides is 1. The van der Waals surface area contributed by atoms with Crippen molar-refractivity contribution in [1.29, 1.82) is 0 Å². The molecule has 0 atom stereocenters. The van der Waals surface area contributed by atoms with Crippen molar-refractivity contribution in [3.05, 3.63) is 0 Å². The Morgan fingerprint density at radius 3 is 2.43 bits per heavy atom. The van der Waals surface area contributed by atoms with Crippen LogP contribution in [0.15, 0.2) is 0 Å². The maximum atomic E-state index is 11.4. The Labute approximate surface area is 97.4 Å². The van der Waals surface area contributed by atoms with Crippen molar-refractivity contribution in [2.75, 3.05) is 37.7 Å². The fraction of sp³-hybridized carbons (Fsp3) is 0.889. The quantitative estimate of drug-likeness (QED) is 0.428. The van der Waals surface area contributed by atoms with E-state index in [4.69, 9.17) is 0 Å². The van der Waals surface area contributed by atoms with Crippen LogP contribution in [-0.4, -0.2) is 48.5 Å². The molecule has 0 unspecified atom stereocenters. The van der Waals surface area contributed by atoms with E-state index in [0.29, 0.717) is 6.42 Å². The SMILES string of the molecule is CCC(=O)N(CCS)CCNCCS. The Balaban J connectivity index is 3.67. The van der Waals surface area contributed by atoms with Gasteiger partial charge in [0.05, 0.1) is 0 Å². The molecule has 0 saturated carbocycles. The highest BCUT2D eigenvalue weighted by Gasteiger charge is 2.08. The lowest BCUT2D eigenvalue weighted by Gasteiger charge is -2.21. The minimum Gasteiger partial charge on any atom is -0.341 e. The van der Waals surface area contributed by atoms with E-state index >= 15 is 0 Å². The molecule has 0 aliphatic heterocycles. The van der Waals surface area contributed by atoms with Crippen LogP contribution >= 0.6 is 25.3 Å². The number of thiol groups is 2. The fourth-order valence-electron chi connectivity index (χ4n) is 1.12. The average molecular weight is 236 g/mol. The van der Waals surface area contributed by atoms with E-state index in [1.54, 1.807) is 0 Å². The molecule has 1 amide bonds. The highest BCUT2D eigenvalue weighted by molar-refractivity contribution is 7.80. The average Bonchev–Trinajstić information content (AvgIpc) is 2.21. The van der Waals surface area contributed by atoms with E-state index in [1.165, 1.54) is 0 Å². The first-order valence-electron chi connectivity index (χ1n) is 4.96. The third-order valence-corrected chi connectivity index (χ3v) is 2.30. The van der Waals surface area contributed by atoms with Gasteiger partial charge in [0.1, 0.15) is 0 Å². The fourth-order valence-corrected chi connectivity index (χ4v) is 1.52. The smallest absolute Gasteiger partial charge is 0.222 e. The standard InChI is InChI=1S/C9H20N2OS2/c1-2-9(12)11(6-8-14)5-3-10-4-7-13/h10,13-14H,2-8H2,1H3. The summed E-state index contributed by atoms with van der Waals surface area (Å²) in [4.78, 5) is 13.3. The van der Waals surface area contributed by atoms with Crippen molar-refractivity contribution in [3.63, 3.8) is 0 Å². The van der Waals surface area contributed by atoms with Crippen molar-refractivity contribution >= 4 is 31.2 Å². The molecular formula is C9H20N2OS2. The van der Waals surface area contributed by atoms with Gasteiger partial charge in [-0.05, 0) is 0 Å². The van der Waals surface area contributed by atoms with E-state index in [2.05, 4.69) is 30.6 Å². The van der Waals surface area contributed by atoms with Gasteiger partial charge in [-0.25, -0.2) is 0 Å². The minimum absolute atomic E-state index is 0.201. The number of nitrogens with one attached hydrogen (secondary N) is 1. The van der Waals surface area contributed by atoms with Crippen LogP contribution in [0, 0.1) is 0 Å². The van der Waals surface area contributed by atoms with Gasteiger partial charge in [-0.15, -0.1) is 0 Å². The number of carbonyl (C=O) groups excluding carboxylic acids is 1. The molecule has 0 aliphatic rings. The van der Waals surface area contributed by atoms with Crippen molar-refractivity contribution in [3.8, 4) is 0 Å². The Morgan fingerprint density at radius 1 is 1.21 bits per heavy atom. The third-order valence-electron chi connectivity index (χ3n) is 1.87. The summed E-state index contributed by atoms with van der Waals surface area (Å²) >= 11 is 8.22. The number of rotatable bonds is 8. The number of hydrogen-bond donors (Lipinski definition) is 3. The lowest BCUT2D eigenvalue weighted by Crippen LogP contribution is -2.38. The Kier molecular flexibility index (Phi) is 9.77. The van der Waals surface area contributed by atoms with Crippen molar-refractivity contribution < 1.29 is 4.79 Å². The van der Waals surface area contributed by atoms with Gasteiger partial charge in [-0.1, -0.05) is 6.92 Å². The maximum absolute atomic E-state index is 11.4. The summed E-state index contributed by atoms with van der Waals surface area (Å²) < 4.78 is 0. The topological polar surface area (TPSA) is 32.3 Å². The second-order valence-corrected chi connectivity index (χ2v) is 3.83. The van der Waals surface area contributed by atoms with Crippen LogP contribution in [0.25, 0.3) is 0 Å². The van der Waals surface area contributed by atoms with Crippen LogP contribution in [0.2, 0.25) is 0 Å². The Bertz CT molecular complexity index is 156. The molecular weight excluding hydrogens is 216 g/mol. The monoisotopic (exact) mass is 236 g/mol. The van der Waals surface area contributed by atoms with E-state index in [9.17, 15) is 4.79 Å². The van der Waals surface area contributed by atoms with Crippen LogP contribution in [0.1, 0.15) is 13.3 Å². The highest BCUT2D eigenvalue weighted by atomic mass is 32.1. The largest absolute Gasteiger partial charge is 0.341 e. The van der Waals surface area contributed by atoms with Gasteiger partial charge >= 0.3 is 0 Å². The molecule has 5 heteroatoms. The normalized spacial score (nSPS) is 10.2. The van der Waals surface area contributed by atoms with Crippen LogP contribution < -0.4 is 5.32 Å². The lowest BCUT2D eigenvalue weighted by atomic mass is 10.3. The zero-order valence-electron chi connectivity index (χ0n) is 8.70. The van der Waals surface area contributed by atoms with Gasteiger partial charge in [0.2, 0.25) is 5.91 Å². The molecule has 0 aliphatic carbocycles. The summed E-state index contributed by atoms with van der Waals surface area (Å²) in [5.74, 6) is 1.75. The van der Waals surface area contributed by atoms with E-state index in [1.807, 2.05) is 11.8 Å². The molecule has 0 heterocycles. The summed E-state index contributed by atoms with van der Waals surface area (Å²) in [7, 11) is 0. The first-order valence-corrected chi connectivity index (χ1v) is 6.23. The van der Waals surface area contributed by atoms with E-state index < -0.39 is 0 Å². The zero-order chi connectivity index (χ0) is 10.8. The molecule has 0 bridgehead atoms. The molecule has 0 aromatic heterocycles. The van der Waals surface area contributed by atoms with Gasteiger partial charge < -0.3 is 10.2 Å². The highest BCUT2D eigenvalue weighted by Crippen LogP contribution is 1.94. The molecule has 0 aromatic carbocycles. The molecule has 0 rings (SSSR count).